The first kappa shape index (κ1) is 18.8. The Labute approximate surface area is 164 Å². The first-order valence-corrected chi connectivity index (χ1v) is 9.76. The van der Waals surface area contributed by atoms with Crippen molar-refractivity contribution in [1.82, 2.24) is 20.2 Å². The Kier molecular flexibility index (Phi) is 5.28. The first-order chi connectivity index (χ1) is 13.5. The molecule has 2 N–H and O–H groups in total. The highest BCUT2D eigenvalue weighted by Crippen LogP contribution is 2.30. The van der Waals surface area contributed by atoms with Gasteiger partial charge in [0.15, 0.2) is 0 Å². The van der Waals surface area contributed by atoms with Crippen LogP contribution in [-0.4, -0.2) is 52.6 Å². The average molecular weight is 382 g/mol. The Balaban J connectivity index is 1.35. The van der Waals surface area contributed by atoms with Crippen LogP contribution in [0.1, 0.15) is 35.2 Å². The zero-order valence-electron chi connectivity index (χ0n) is 16.3. The summed E-state index contributed by atoms with van der Waals surface area (Å²) in [5.41, 5.74) is 2.00. The number of morpholine rings is 1. The zero-order chi connectivity index (χ0) is 19.7. The molecule has 0 unspecified atom stereocenters. The van der Waals surface area contributed by atoms with E-state index in [1.807, 2.05) is 18.2 Å². The average Bonchev–Trinajstić information content (AvgIpc) is 3.06. The van der Waals surface area contributed by atoms with E-state index in [2.05, 4.69) is 32.3 Å². The number of H-pyrrole nitrogens is 1. The number of rotatable bonds is 4. The lowest BCUT2D eigenvalue weighted by molar-refractivity contribution is -0.121. The van der Waals surface area contributed by atoms with Crippen molar-refractivity contribution in [3.63, 3.8) is 0 Å². The number of aromatic nitrogens is 2. The second-order valence-electron chi connectivity index (χ2n) is 7.73. The zero-order valence-corrected chi connectivity index (χ0v) is 16.3. The van der Waals surface area contributed by atoms with Crippen LogP contribution < -0.4 is 10.9 Å². The van der Waals surface area contributed by atoms with Gasteiger partial charge in [0.25, 0.3) is 5.56 Å². The highest BCUT2D eigenvalue weighted by atomic mass is 16.5. The Morgan fingerprint density at radius 2 is 2.07 bits per heavy atom. The van der Waals surface area contributed by atoms with Crippen molar-refractivity contribution in [2.45, 2.75) is 44.9 Å². The van der Waals surface area contributed by atoms with Crippen LogP contribution in [0.15, 0.2) is 35.1 Å². The standard InChI is InChI=1S/C21H26N4O3/c1-13-18(21(27)23-14(2)22-13)9-20(26)24-16-8-17-12-28-19(11-25(17)10-16)15-6-4-3-5-7-15/h3-7,16-17,19H,8-12H2,1-2H3,(H,24,26)(H,22,23,27)/t16-,17-,19+/m0/s1. The molecule has 2 aliphatic heterocycles. The van der Waals surface area contributed by atoms with Crippen LogP contribution in [0.3, 0.4) is 0 Å². The number of carbonyl (C=O) groups excluding carboxylic acids is 1. The number of nitrogens with one attached hydrogen (secondary N) is 2. The molecule has 1 aromatic heterocycles. The number of carbonyl (C=O) groups is 1. The van der Waals surface area contributed by atoms with E-state index >= 15 is 0 Å². The number of aryl methyl sites for hydroxylation is 2. The van der Waals surface area contributed by atoms with Crippen molar-refractivity contribution >= 4 is 5.91 Å². The summed E-state index contributed by atoms with van der Waals surface area (Å²) in [6.45, 7) is 5.82. The summed E-state index contributed by atoms with van der Waals surface area (Å²) in [5, 5.41) is 3.09. The monoisotopic (exact) mass is 382 g/mol. The molecule has 1 amide bonds. The quantitative estimate of drug-likeness (QED) is 0.831. The molecule has 2 aromatic rings. The Morgan fingerprint density at radius 1 is 1.29 bits per heavy atom. The largest absolute Gasteiger partial charge is 0.371 e. The smallest absolute Gasteiger partial charge is 0.254 e. The number of hydrogen-bond acceptors (Lipinski definition) is 5. The van der Waals surface area contributed by atoms with Crippen LogP contribution in [-0.2, 0) is 16.0 Å². The molecular weight excluding hydrogens is 356 g/mol. The van der Waals surface area contributed by atoms with Gasteiger partial charge in [-0.3, -0.25) is 14.5 Å². The normalized spacial score (nSPS) is 24.7. The first-order valence-electron chi connectivity index (χ1n) is 9.76. The van der Waals surface area contributed by atoms with Crippen molar-refractivity contribution in [3.05, 3.63) is 63.3 Å². The molecule has 0 aliphatic carbocycles. The van der Waals surface area contributed by atoms with Crippen molar-refractivity contribution in [2.75, 3.05) is 19.7 Å². The van der Waals surface area contributed by atoms with Crippen molar-refractivity contribution in [1.29, 1.82) is 0 Å². The molecular formula is C21H26N4O3. The van der Waals surface area contributed by atoms with Crippen LogP contribution in [0.5, 0.6) is 0 Å². The molecule has 0 bridgehead atoms. The minimum Gasteiger partial charge on any atom is -0.371 e. The fraction of sp³-hybridized carbons (Fsp3) is 0.476. The number of hydrogen-bond donors (Lipinski definition) is 2. The molecule has 1 aromatic carbocycles. The van der Waals surface area contributed by atoms with Crippen molar-refractivity contribution < 1.29 is 9.53 Å². The van der Waals surface area contributed by atoms with E-state index in [0.717, 1.165) is 19.5 Å². The molecule has 0 saturated carbocycles. The molecule has 2 aliphatic rings. The maximum absolute atomic E-state index is 12.5. The second-order valence-corrected chi connectivity index (χ2v) is 7.73. The third-order valence-electron chi connectivity index (χ3n) is 5.63. The van der Waals surface area contributed by atoms with Gasteiger partial charge in [-0.1, -0.05) is 30.3 Å². The fourth-order valence-electron chi connectivity index (χ4n) is 4.25. The summed E-state index contributed by atoms with van der Waals surface area (Å²) in [6, 6.07) is 10.7. The van der Waals surface area contributed by atoms with Gasteiger partial charge in [-0.2, -0.15) is 0 Å². The third-order valence-corrected chi connectivity index (χ3v) is 5.63. The third kappa shape index (κ3) is 4.00. The maximum atomic E-state index is 12.5. The highest BCUT2D eigenvalue weighted by Gasteiger charge is 2.38. The number of aromatic amines is 1. The van der Waals surface area contributed by atoms with Gasteiger partial charge in [-0.05, 0) is 25.8 Å². The number of amides is 1. The van der Waals surface area contributed by atoms with Gasteiger partial charge in [-0.25, -0.2) is 4.98 Å². The van der Waals surface area contributed by atoms with Gasteiger partial charge in [0.1, 0.15) is 5.82 Å². The van der Waals surface area contributed by atoms with Crippen LogP contribution in [0.2, 0.25) is 0 Å². The topological polar surface area (TPSA) is 87.3 Å². The van der Waals surface area contributed by atoms with Gasteiger partial charge in [-0.15, -0.1) is 0 Å². The van der Waals surface area contributed by atoms with Gasteiger partial charge in [0, 0.05) is 36.4 Å². The lowest BCUT2D eigenvalue weighted by Crippen LogP contribution is -2.43. The van der Waals surface area contributed by atoms with Gasteiger partial charge >= 0.3 is 0 Å². The lowest BCUT2D eigenvalue weighted by atomic mass is 10.1. The van der Waals surface area contributed by atoms with Gasteiger partial charge in [0.05, 0.1) is 19.1 Å². The summed E-state index contributed by atoms with van der Waals surface area (Å²) in [6.07, 6.45) is 1.000. The molecule has 0 spiro atoms. The molecule has 3 heterocycles. The van der Waals surface area contributed by atoms with E-state index in [1.165, 1.54) is 5.56 Å². The maximum Gasteiger partial charge on any atom is 0.254 e. The van der Waals surface area contributed by atoms with E-state index in [0.29, 0.717) is 29.7 Å². The van der Waals surface area contributed by atoms with Crippen LogP contribution in [0, 0.1) is 13.8 Å². The minimum absolute atomic E-state index is 0.0543. The van der Waals surface area contributed by atoms with E-state index in [1.54, 1.807) is 13.8 Å². The number of fused-ring (bicyclic) bond motifs is 1. The number of nitrogens with zero attached hydrogens (tertiary/aromatic N) is 2. The Morgan fingerprint density at radius 3 is 2.82 bits per heavy atom. The molecule has 3 atom stereocenters. The predicted molar refractivity (Wildman–Crippen MR) is 105 cm³/mol. The molecule has 148 valence electrons. The Hall–Kier alpha value is -2.51. The predicted octanol–water partition coefficient (Wildman–Crippen LogP) is 1.26. The van der Waals surface area contributed by atoms with Crippen molar-refractivity contribution in [2.24, 2.45) is 0 Å². The summed E-state index contributed by atoms with van der Waals surface area (Å²) >= 11 is 0. The fourth-order valence-corrected chi connectivity index (χ4v) is 4.25. The molecule has 4 rings (SSSR count). The highest BCUT2D eigenvalue weighted by molar-refractivity contribution is 5.79. The van der Waals surface area contributed by atoms with E-state index in [-0.39, 0.29) is 30.0 Å². The van der Waals surface area contributed by atoms with Crippen molar-refractivity contribution in [3.8, 4) is 0 Å². The SMILES string of the molecule is Cc1nc(C)c(CC(=O)N[C@H]2C[C@H]3CO[C@@H](c4ccccc4)CN3C2)c(=O)[nH]1. The lowest BCUT2D eigenvalue weighted by Gasteiger charge is -2.35. The Bertz CT molecular complexity index is 912. The number of benzene rings is 1. The minimum atomic E-state index is -0.233. The van der Waals surface area contributed by atoms with Gasteiger partial charge < -0.3 is 15.0 Å². The summed E-state index contributed by atoms with van der Waals surface area (Å²) in [5.74, 6) is 0.428. The van der Waals surface area contributed by atoms with E-state index < -0.39 is 0 Å². The summed E-state index contributed by atoms with van der Waals surface area (Å²) < 4.78 is 6.06. The summed E-state index contributed by atoms with van der Waals surface area (Å²) in [4.78, 5) is 33.9. The summed E-state index contributed by atoms with van der Waals surface area (Å²) in [7, 11) is 0. The molecule has 2 saturated heterocycles. The molecule has 2 fully saturated rings. The van der Waals surface area contributed by atoms with E-state index in [4.69, 9.17) is 4.74 Å². The molecule has 0 radical (unpaired) electrons. The molecule has 7 heteroatoms. The van der Waals surface area contributed by atoms with Crippen LogP contribution in [0.4, 0.5) is 0 Å². The number of ether oxygens (including phenoxy) is 1. The van der Waals surface area contributed by atoms with E-state index in [9.17, 15) is 9.59 Å². The molecule has 28 heavy (non-hydrogen) atoms. The van der Waals surface area contributed by atoms with Crippen LogP contribution >= 0.6 is 0 Å². The van der Waals surface area contributed by atoms with Crippen LogP contribution in [0.25, 0.3) is 0 Å². The van der Waals surface area contributed by atoms with Gasteiger partial charge in [0.2, 0.25) is 5.91 Å². The molecule has 7 nitrogen and oxygen atoms in total. The second kappa shape index (κ2) is 7.85.